The van der Waals surface area contributed by atoms with Crippen LogP contribution in [0.15, 0.2) is 47.7 Å². The molecule has 6 heteroatoms. The number of nitrogens with one attached hydrogen (secondary N) is 2. The van der Waals surface area contributed by atoms with Crippen molar-refractivity contribution in [2.75, 3.05) is 33.4 Å². The van der Waals surface area contributed by atoms with E-state index in [9.17, 15) is 0 Å². The van der Waals surface area contributed by atoms with Gasteiger partial charge in [0, 0.05) is 32.6 Å². The Morgan fingerprint density at radius 3 is 2.74 bits per heavy atom. The van der Waals surface area contributed by atoms with Gasteiger partial charge in [0.2, 0.25) is 0 Å². The Morgan fingerprint density at radius 2 is 2.09 bits per heavy atom. The molecule has 0 saturated carbocycles. The molecule has 0 aliphatic rings. The molecule has 0 unspecified atom stereocenters. The fourth-order valence-electron chi connectivity index (χ4n) is 2.15. The number of aromatic nitrogens is 2. The van der Waals surface area contributed by atoms with Gasteiger partial charge in [0.05, 0.1) is 18.8 Å². The normalized spacial score (nSPS) is 11.5. The van der Waals surface area contributed by atoms with E-state index in [0.29, 0.717) is 13.2 Å². The Labute approximate surface area is 137 Å². The molecule has 0 atom stereocenters. The molecule has 2 rings (SSSR count). The molecule has 0 aliphatic carbocycles. The lowest BCUT2D eigenvalue weighted by Gasteiger charge is -2.11. The summed E-state index contributed by atoms with van der Waals surface area (Å²) in [5, 5.41) is 10.8. The van der Waals surface area contributed by atoms with Crippen molar-refractivity contribution in [3.8, 4) is 5.69 Å². The molecule has 0 radical (unpaired) electrons. The van der Waals surface area contributed by atoms with E-state index < -0.39 is 0 Å². The van der Waals surface area contributed by atoms with Gasteiger partial charge >= 0.3 is 0 Å². The third-order valence-electron chi connectivity index (χ3n) is 3.32. The molecule has 23 heavy (non-hydrogen) atoms. The minimum Gasteiger partial charge on any atom is -0.383 e. The summed E-state index contributed by atoms with van der Waals surface area (Å²) in [6.45, 7) is 5.02. The molecule has 0 fully saturated rings. The number of methoxy groups -OCH3 is 1. The molecule has 0 saturated heterocycles. The van der Waals surface area contributed by atoms with Gasteiger partial charge in [-0.15, -0.1) is 0 Å². The van der Waals surface area contributed by atoms with E-state index in [0.717, 1.165) is 31.2 Å². The summed E-state index contributed by atoms with van der Waals surface area (Å²) in [6, 6.07) is 10.4. The van der Waals surface area contributed by atoms with Crippen molar-refractivity contribution in [3.05, 3.63) is 48.3 Å². The van der Waals surface area contributed by atoms with Gasteiger partial charge in [0.1, 0.15) is 0 Å². The predicted octanol–water partition coefficient (Wildman–Crippen LogP) is 1.62. The van der Waals surface area contributed by atoms with Gasteiger partial charge in [0.25, 0.3) is 0 Å². The smallest absolute Gasteiger partial charge is 0.191 e. The highest BCUT2D eigenvalue weighted by atomic mass is 16.5. The number of nitrogens with zero attached hydrogens (tertiary/aromatic N) is 3. The summed E-state index contributed by atoms with van der Waals surface area (Å²) in [6.07, 6.45) is 4.66. The monoisotopic (exact) mass is 315 g/mol. The van der Waals surface area contributed by atoms with Crippen LogP contribution in [0.2, 0.25) is 0 Å². The van der Waals surface area contributed by atoms with E-state index >= 15 is 0 Å². The van der Waals surface area contributed by atoms with Crippen LogP contribution in [0.25, 0.3) is 5.69 Å². The number of hydrogen-bond acceptors (Lipinski definition) is 3. The molecule has 6 nitrogen and oxygen atoms in total. The van der Waals surface area contributed by atoms with Gasteiger partial charge in [-0.2, -0.15) is 5.10 Å². The molecule has 2 N–H and O–H groups in total. The number of ether oxygens (including phenoxy) is 1. The summed E-state index contributed by atoms with van der Waals surface area (Å²) < 4.78 is 6.87. The van der Waals surface area contributed by atoms with Crippen molar-refractivity contribution < 1.29 is 4.74 Å². The summed E-state index contributed by atoms with van der Waals surface area (Å²) >= 11 is 0. The molecule has 0 bridgehead atoms. The predicted molar refractivity (Wildman–Crippen MR) is 93.1 cm³/mol. The summed E-state index contributed by atoms with van der Waals surface area (Å²) in [5.74, 6) is 0.831. The number of aliphatic imine (C=N–C) groups is 1. The fourth-order valence-corrected chi connectivity index (χ4v) is 2.15. The standard InChI is InChI=1S/C17H25N5O/c1-3-18-17(20-12-14-23-2)19-11-9-15-5-7-16(8-6-15)22-13-4-10-21-22/h4-8,10,13H,3,9,11-12,14H2,1-2H3,(H2,18,19,20). The Balaban J connectivity index is 1.81. The average Bonchev–Trinajstić information content (AvgIpc) is 3.10. The van der Waals surface area contributed by atoms with Crippen molar-refractivity contribution in [1.29, 1.82) is 0 Å². The Morgan fingerprint density at radius 1 is 1.26 bits per heavy atom. The highest BCUT2D eigenvalue weighted by Gasteiger charge is 1.99. The zero-order valence-electron chi connectivity index (χ0n) is 13.8. The summed E-state index contributed by atoms with van der Waals surface area (Å²) in [4.78, 5) is 4.44. The highest BCUT2D eigenvalue weighted by Crippen LogP contribution is 2.08. The zero-order chi connectivity index (χ0) is 16.3. The van der Waals surface area contributed by atoms with Crippen LogP contribution in [-0.2, 0) is 11.2 Å². The lowest BCUT2D eigenvalue weighted by atomic mass is 10.1. The van der Waals surface area contributed by atoms with E-state index in [-0.39, 0.29) is 0 Å². The molecule has 1 aromatic carbocycles. The van der Waals surface area contributed by atoms with E-state index in [1.807, 2.05) is 16.9 Å². The molecule has 1 aromatic heterocycles. The Hall–Kier alpha value is -2.34. The average molecular weight is 315 g/mol. The first-order chi connectivity index (χ1) is 11.3. The van der Waals surface area contributed by atoms with Crippen molar-refractivity contribution in [2.45, 2.75) is 13.3 Å². The minimum atomic E-state index is 0.630. The van der Waals surface area contributed by atoms with Crippen LogP contribution < -0.4 is 10.6 Å². The van der Waals surface area contributed by atoms with Crippen molar-refractivity contribution in [2.24, 2.45) is 4.99 Å². The SMILES string of the molecule is CCNC(=NCCOC)NCCc1ccc(-n2cccn2)cc1. The zero-order valence-corrected chi connectivity index (χ0v) is 13.8. The van der Waals surface area contributed by atoms with Crippen LogP contribution in [0.5, 0.6) is 0 Å². The molecular formula is C17H25N5O. The minimum absolute atomic E-state index is 0.630. The number of benzene rings is 1. The van der Waals surface area contributed by atoms with Gasteiger partial charge in [-0.3, -0.25) is 4.99 Å². The van der Waals surface area contributed by atoms with E-state index in [2.05, 4.69) is 51.9 Å². The molecule has 0 aliphatic heterocycles. The van der Waals surface area contributed by atoms with Crippen LogP contribution in [0, 0.1) is 0 Å². The molecule has 2 aromatic rings. The fraction of sp³-hybridized carbons (Fsp3) is 0.412. The van der Waals surface area contributed by atoms with Crippen LogP contribution in [0.3, 0.4) is 0 Å². The first kappa shape index (κ1) is 17.0. The summed E-state index contributed by atoms with van der Waals surface area (Å²) in [5.41, 5.74) is 2.35. The first-order valence-corrected chi connectivity index (χ1v) is 7.93. The lowest BCUT2D eigenvalue weighted by molar-refractivity contribution is 0.208. The van der Waals surface area contributed by atoms with E-state index in [1.54, 1.807) is 13.3 Å². The van der Waals surface area contributed by atoms with Crippen LogP contribution in [-0.4, -0.2) is 49.1 Å². The largest absolute Gasteiger partial charge is 0.383 e. The van der Waals surface area contributed by atoms with Crippen molar-refractivity contribution in [1.82, 2.24) is 20.4 Å². The van der Waals surface area contributed by atoms with Gasteiger partial charge < -0.3 is 15.4 Å². The lowest BCUT2D eigenvalue weighted by Crippen LogP contribution is -2.38. The van der Waals surface area contributed by atoms with Crippen LogP contribution >= 0.6 is 0 Å². The number of hydrogen-bond donors (Lipinski definition) is 2. The second kappa shape index (κ2) is 9.63. The maximum absolute atomic E-state index is 5.02. The second-order valence-corrected chi connectivity index (χ2v) is 5.05. The maximum Gasteiger partial charge on any atom is 0.191 e. The number of guanidine groups is 1. The second-order valence-electron chi connectivity index (χ2n) is 5.05. The number of rotatable bonds is 8. The Kier molecular flexibility index (Phi) is 7.13. The Bertz CT molecular complexity index is 578. The third-order valence-corrected chi connectivity index (χ3v) is 3.32. The van der Waals surface area contributed by atoms with Crippen molar-refractivity contribution in [3.63, 3.8) is 0 Å². The third kappa shape index (κ3) is 5.75. The maximum atomic E-state index is 5.02. The molecule has 0 amide bonds. The van der Waals surface area contributed by atoms with E-state index in [1.165, 1.54) is 5.56 Å². The quantitative estimate of drug-likeness (QED) is 0.441. The molecule has 0 spiro atoms. The van der Waals surface area contributed by atoms with Gasteiger partial charge in [0.15, 0.2) is 5.96 Å². The molecular weight excluding hydrogens is 290 g/mol. The topological polar surface area (TPSA) is 63.5 Å². The highest BCUT2D eigenvalue weighted by molar-refractivity contribution is 5.79. The van der Waals surface area contributed by atoms with Gasteiger partial charge in [-0.25, -0.2) is 4.68 Å². The van der Waals surface area contributed by atoms with Crippen LogP contribution in [0.1, 0.15) is 12.5 Å². The summed E-state index contributed by atoms with van der Waals surface area (Å²) in [7, 11) is 1.68. The van der Waals surface area contributed by atoms with Gasteiger partial charge in [-0.05, 0) is 37.1 Å². The van der Waals surface area contributed by atoms with Crippen LogP contribution in [0.4, 0.5) is 0 Å². The molecule has 124 valence electrons. The van der Waals surface area contributed by atoms with Crippen molar-refractivity contribution >= 4 is 5.96 Å². The first-order valence-electron chi connectivity index (χ1n) is 7.93. The molecule has 1 heterocycles. The van der Waals surface area contributed by atoms with Gasteiger partial charge in [-0.1, -0.05) is 12.1 Å². The van der Waals surface area contributed by atoms with E-state index in [4.69, 9.17) is 4.74 Å².